The molecule has 1 saturated carbocycles. The Kier molecular flexibility index (Phi) is 6.57. The number of pyridine rings is 1. The Balaban J connectivity index is 1.75. The lowest BCUT2D eigenvalue weighted by Crippen LogP contribution is -2.31. The molecule has 8 heteroatoms. The van der Waals surface area contributed by atoms with Gasteiger partial charge in [-0.25, -0.2) is 4.98 Å². The number of hydrogen-bond acceptors (Lipinski definition) is 6. The van der Waals surface area contributed by atoms with Gasteiger partial charge < -0.3 is 9.47 Å². The molecule has 2 atom stereocenters. The first-order valence-corrected chi connectivity index (χ1v) is 10.2. The molecule has 2 heterocycles. The minimum absolute atomic E-state index is 0.0627. The van der Waals surface area contributed by atoms with Gasteiger partial charge in [-0.15, -0.1) is 0 Å². The van der Waals surface area contributed by atoms with Crippen LogP contribution < -0.4 is 4.74 Å². The van der Waals surface area contributed by atoms with Crippen LogP contribution in [-0.2, 0) is 16.6 Å². The van der Waals surface area contributed by atoms with Crippen LogP contribution in [0.15, 0.2) is 12.1 Å². The number of nitrogens with zero attached hydrogens (tertiary/aromatic N) is 3. The number of esters is 1. The summed E-state index contributed by atoms with van der Waals surface area (Å²) in [6.45, 7) is 5.56. The molecule has 2 aromatic rings. The van der Waals surface area contributed by atoms with Crippen LogP contribution >= 0.6 is 11.6 Å². The Labute approximate surface area is 175 Å². The lowest BCUT2D eigenvalue weighted by Gasteiger charge is -2.29. The van der Waals surface area contributed by atoms with E-state index in [0.29, 0.717) is 41.1 Å². The minimum atomic E-state index is -0.147. The van der Waals surface area contributed by atoms with Gasteiger partial charge >= 0.3 is 5.97 Å². The summed E-state index contributed by atoms with van der Waals surface area (Å²) in [5.74, 6) is 0.378. The van der Waals surface area contributed by atoms with Crippen LogP contribution in [0.5, 0.6) is 5.75 Å². The molecule has 0 amide bonds. The van der Waals surface area contributed by atoms with E-state index in [4.69, 9.17) is 21.1 Å². The Morgan fingerprint density at radius 1 is 1.34 bits per heavy atom. The highest BCUT2D eigenvalue weighted by Gasteiger charge is 2.30. The Morgan fingerprint density at radius 2 is 2.10 bits per heavy atom. The predicted molar refractivity (Wildman–Crippen MR) is 109 cm³/mol. The summed E-state index contributed by atoms with van der Waals surface area (Å²) in [6.07, 6.45) is 3.81. The summed E-state index contributed by atoms with van der Waals surface area (Å²) in [5.41, 5.74) is 2.13. The number of aldehydes is 1. The fraction of sp³-hybridized carbons (Fsp3) is 0.524. The summed E-state index contributed by atoms with van der Waals surface area (Å²) >= 11 is 6.19. The summed E-state index contributed by atoms with van der Waals surface area (Å²) in [7, 11) is 1.66. The van der Waals surface area contributed by atoms with Crippen molar-refractivity contribution in [2.24, 2.45) is 13.0 Å². The largest absolute Gasteiger partial charge is 0.489 e. The van der Waals surface area contributed by atoms with E-state index in [0.717, 1.165) is 19.3 Å². The molecule has 0 aliphatic heterocycles. The monoisotopic (exact) mass is 419 g/mol. The lowest BCUT2D eigenvalue weighted by atomic mass is 9.87. The summed E-state index contributed by atoms with van der Waals surface area (Å²) in [4.78, 5) is 28.2. The molecule has 0 bridgehead atoms. The maximum atomic E-state index is 12.2. The Bertz CT molecular complexity index is 910. The van der Waals surface area contributed by atoms with Gasteiger partial charge in [0, 0.05) is 7.05 Å². The molecule has 2 aromatic heterocycles. The van der Waals surface area contributed by atoms with E-state index in [1.54, 1.807) is 13.1 Å². The van der Waals surface area contributed by atoms with E-state index in [1.165, 1.54) is 4.68 Å². The van der Waals surface area contributed by atoms with Crippen molar-refractivity contribution < 1.29 is 19.1 Å². The molecular formula is C21H26ClN3O4. The van der Waals surface area contributed by atoms with E-state index < -0.39 is 0 Å². The van der Waals surface area contributed by atoms with Crippen LogP contribution in [0.4, 0.5) is 0 Å². The third-order valence-corrected chi connectivity index (χ3v) is 5.32. The van der Waals surface area contributed by atoms with E-state index in [9.17, 15) is 9.59 Å². The highest BCUT2D eigenvalue weighted by Crippen LogP contribution is 2.33. The third-order valence-electron chi connectivity index (χ3n) is 5.06. The number of rotatable bonds is 6. The number of hydrogen-bond donors (Lipinski definition) is 0. The third kappa shape index (κ3) is 4.78. The fourth-order valence-corrected chi connectivity index (χ4v) is 3.97. The molecule has 1 aliphatic carbocycles. The van der Waals surface area contributed by atoms with Crippen LogP contribution in [0.3, 0.4) is 0 Å². The van der Waals surface area contributed by atoms with Gasteiger partial charge in [0.05, 0.1) is 35.1 Å². The van der Waals surface area contributed by atoms with Crippen molar-refractivity contribution in [2.45, 2.75) is 58.7 Å². The van der Waals surface area contributed by atoms with Gasteiger partial charge in [0.1, 0.15) is 11.4 Å². The number of halogens is 1. The molecule has 1 aliphatic rings. The average molecular weight is 420 g/mol. The van der Waals surface area contributed by atoms with Crippen LogP contribution in [0.25, 0.3) is 11.3 Å². The zero-order chi connectivity index (χ0) is 21.1. The van der Waals surface area contributed by atoms with Gasteiger partial charge in [0.15, 0.2) is 11.4 Å². The highest BCUT2D eigenvalue weighted by molar-refractivity contribution is 6.32. The molecule has 156 valence electrons. The zero-order valence-electron chi connectivity index (χ0n) is 17.1. The van der Waals surface area contributed by atoms with Crippen molar-refractivity contribution in [3.63, 3.8) is 0 Å². The van der Waals surface area contributed by atoms with Gasteiger partial charge in [0.25, 0.3) is 0 Å². The van der Waals surface area contributed by atoms with Gasteiger partial charge in [0.2, 0.25) is 0 Å². The molecule has 3 rings (SSSR count). The van der Waals surface area contributed by atoms with Gasteiger partial charge in [-0.05, 0) is 58.6 Å². The van der Waals surface area contributed by atoms with Crippen LogP contribution in [0.1, 0.15) is 55.7 Å². The zero-order valence-corrected chi connectivity index (χ0v) is 17.9. The summed E-state index contributed by atoms with van der Waals surface area (Å²) in [5, 5.41) is 4.32. The summed E-state index contributed by atoms with van der Waals surface area (Å²) < 4.78 is 13.0. The molecule has 29 heavy (non-hydrogen) atoms. The Morgan fingerprint density at radius 3 is 2.76 bits per heavy atom. The van der Waals surface area contributed by atoms with Crippen molar-refractivity contribution in [2.75, 3.05) is 0 Å². The topological polar surface area (TPSA) is 83.3 Å². The normalized spacial score (nSPS) is 19.2. The number of carbonyl (C=O) groups is 2. The highest BCUT2D eigenvalue weighted by atomic mass is 35.5. The van der Waals surface area contributed by atoms with Gasteiger partial charge in [-0.2, -0.15) is 5.10 Å². The number of ether oxygens (including phenoxy) is 2. The summed E-state index contributed by atoms with van der Waals surface area (Å²) in [6, 6.07) is 3.59. The van der Waals surface area contributed by atoms with Crippen LogP contribution in [0, 0.1) is 12.8 Å². The van der Waals surface area contributed by atoms with Gasteiger partial charge in [-0.3, -0.25) is 14.3 Å². The molecule has 0 N–H and O–H groups in total. The maximum absolute atomic E-state index is 12.2. The van der Waals surface area contributed by atoms with Crippen LogP contribution in [0.2, 0.25) is 5.15 Å². The standard InChI is InChI=1S/C21H26ClN3O4/c1-12(2)28-21(27)14-6-5-7-15(10-14)29-18-9-8-16(23-13(18)3)19-17(11-26)25(4)24-20(19)22/h8-9,11-12,14-15H,5-7,10H2,1-4H3/t14-,15-/m0/s1. The molecule has 0 saturated heterocycles. The van der Waals surface area contributed by atoms with E-state index in [2.05, 4.69) is 10.1 Å². The smallest absolute Gasteiger partial charge is 0.309 e. The van der Waals surface area contributed by atoms with E-state index in [-0.39, 0.29) is 29.2 Å². The number of aromatic nitrogens is 3. The second-order valence-corrected chi connectivity index (χ2v) is 8.02. The van der Waals surface area contributed by atoms with Crippen molar-refractivity contribution >= 4 is 23.9 Å². The first kappa shape index (κ1) is 21.3. The van der Waals surface area contributed by atoms with Crippen molar-refractivity contribution in [1.29, 1.82) is 0 Å². The molecule has 0 spiro atoms. The minimum Gasteiger partial charge on any atom is -0.489 e. The molecule has 0 unspecified atom stereocenters. The quantitative estimate of drug-likeness (QED) is 0.516. The molecule has 1 fully saturated rings. The fourth-order valence-electron chi connectivity index (χ4n) is 3.66. The Hall–Kier alpha value is -2.41. The van der Waals surface area contributed by atoms with Gasteiger partial charge in [-0.1, -0.05) is 11.6 Å². The average Bonchev–Trinajstić information content (AvgIpc) is 2.96. The second-order valence-electron chi connectivity index (χ2n) is 7.66. The van der Waals surface area contributed by atoms with Crippen molar-refractivity contribution in [3.05, 3.63) is 28.7 Å². The second kappa shape index (κ2) is 8.95. The maximum Gasteiger partial charge on any atom is 0.309 e. The van der Waals surface area contributed by atoms with E-state index >= 15 is 0 Å². The molecular weight excluding hydrogens is 394 g/mol. The molecule has 0 aromatic carbocycles. The van der Waals surface area contributed by atoms with E-state index in [1.807, 2.05) is 26.8 Å². The lowest BCUT2D eigenvalue weighted by molar-refractivity contribution is -0.154. The molecule has 0 radical (unpaired) electrons. The van der Waals surface area contributed by atoms with Crippen LogP contribution in [-0.4, -0.2) is 39.2 Å². The number of aryl methyl sites for hydroxylation is 2. The number of carbonyl (C=O) groups excluding carboxylic acids is 2. The first-order chi connectivity index (χ1) is 13.8. The van der Waals surface area contributed by atoms with Crippen molar-refractivity contribution in [1.82, 2.24) is 14.8 Å². The predicted octanol–water partition coefficient (Wildman–Crippen LogP) is 4.15. The first-order valence-electron chi connectivity index (χ1n) is 9.83. The molecule has 7 nitrogen and oxygen atoms in total. The SMILES string of the molecule is Cc1nc(-c2c(Cl)nn(C)c2C=O)ccc1O[C@H]1CCC[C@H](C(=O)OC(C)C)C1. The van der Waals surface area contributed by atoms with Crippen molar-refractivity contribution in [3.8, 4) is 17.0 Å².